The molecule has 3 rings (SSSR count). The van der Waals surface area contributed by atoms with Crippen molar-refractivity contribution in [3.05, 3.63) is 57.9 Å². The second kappa shape index (κ2) is 10.6. The van der Waals surface area contributed by atoms with Crippen LogP contribution in [0, 0.1) is 11.3 Å². The number of ketones is 1. The summed E-state index contributed by atoms with van der Waals surface area (Å²) in [6.45, 7) is 10.2. The van der Waals surface area contributed by atoms with Crippen LogP contribution in [0.3, 0.4) is 0 Å². The fourth-order valence-electron chi connectivity index (χ4n) is 4.19. The summed E-state index contributed by atoms with van der Waals surface area (Å²) in [6, 6.07) is 7.44. The van der Waals surface area contributed by atoms with Crippen molar-refractivity contribution in [1.82, 2.24) is 14.8 Å². The average Bonchev–Trinajstić information content (AvgIpc) is 2.82. The van der Waals surface area contributed by atoms with Crippen LogP contribution in [0.4, 0.5) is 0 Å². The second-order valence-electron chi connectivity index (χ2n) is 8.45. The molecule has 33 heavy (non-hydrogen) atoms. The summed E-state index contributed by atoms with van der Waals surface area (Å²) in [5.74, 6) is 0.366. The Kier molecular flexibility index (Phi) is 7.83. The lowest BCUT2D eigenvalue weighted by Crippen LogP contribution is -2.40. The zero-order chi connectivity index (χ0) is 24.1. The van der Waals surface area contributed by atoms with Crippen LogP contribution in [0.1, 0.15) is 76.8 Å². The molecule has 0 radical (unpaired) electrons. The number of pyridine rings is 1. The first-order valence-electron chi connectivity index (χ1n) is 11.5. The monoisotopic (exact) mass is 448 g/mol. The SMILES string of the molecule is CCOc1cc(C(C)N2CCc3c(C(C)=O)cc(CCN(C)CC)cc3C2=O)ncc1C#N. The van der Waals surface area contributed by atoms with Gasteiger partial charge in [-0.1, -0.05) is 6.92 Å². The lowest BCUT2D eigenvalue weighted by molar-refractivity contribution is 0.0668. The first kappa shape index (κ1) is 24.4. The third kappa shape index (κ3) is 5.23. The van der Waals surface area contributed by atoms with Crippen LogP contribution < -0.4 is 4.74 Å². The van der Waals surface area contributed by atoms with E-state index in [0.717, 1.165) is 30.6 Å². The minimum absolute atomic E-state index is 0.0126. The molecule has 0 fully saturated rings. The first-order chi connectivity index (χ1) is 15.8. The van der Waals surface area contributed by atoms with Gasteiger partial charge in [-0.15, -0.1) is 0 Å². The minimum Gasteiger partial charge on any atom is -0.492 e. The number of rotatable bonds is 9. The van der Waals surface area contributed by atoms with Gasteiger partial charge in [-0.25, -0.2) is 0 Å². The van der Waals surface area contributed by atoms with E-state index in [4.69, 9.17) is 4.74 Å². The molecule has 7 nitrogen and oxygen atoms in total. The van der Waals surface area contributed by atoms with Gasteiger partial charge in [-0.05, 0) is 70.5 Å². The molecule has 7 heteroatoms. The Labute approximate surface area is 196 Å². The number of hydrogen-bond donors (Lipinski definition) is 0. The number of carbonyl (C=O) groups excluding carboxylic acids is 2. The van der Waals surface area contributed by atoms with Crippen LogP contribution >= 0.6 is 0 Å². The molecule has 1 aromatic carbocycles. The van der Waals surface area contributed by atoms with Crippen molar-refractivity contribution in [3.8, 4) is 11.8 Å². The highest BCUT2D eigenvalue weighted by Gasteiger charge is 2.32. The molecule has 0 saturated carbocycles. The number of hydrogen-bond acceptors (Lipinski definition) is 6. The molecular weight excluding hydrogens is 416 g/mol. The number of amides is 1. The molecular formula is C26H32N4O3. The number of benzene rings is 1. The van der Waals surface area contributed by atoms with Crippen molar-refractivity contribution in [1.29, 1.82) is 5.26 Å². The summed E-state index contributed by atoms with van der Waals surface area (Å²) in [6.07, 6.45) is 2.88. The van der Waals surface area contributed by atoms with E-state index >= 15 is 0 Å². The lowest BCUT2D eigenvalue weighted by Gasteiger charge is -2.34. The zero-order valence-electron chi connectivity index (χ0n) is 20.1. The van der Waals surface area contributed by atoms with Crippen LogP contribution in [0.25, 0.3) is 0 Å². The van der Waals surface area contributed by atoms with E-state index in [2.05, 4.69) is 29.9 Å². The van der Waals surface area contributed by atoms with Gasteiger partial charge in [0, 0.05) is 36.5 Å². The highest BCUT2D eigenvalue weighted by molar-refractivity contribution is 6.03. The minimum atomic E-state index is -0.298. The predicted octanol–water partition coefficient (Wildman–Crippen LogP) is 3.81. The maximum absolute atomic E-state index is 13.6. The normalized spacial score (nSPS) is 14.1. The molecule has 1 aromatic heterocycles. The molecule has 174 valence electrons. The van der Waals surface area contributed by atoms with Crippen LogP contribution in [0.15, 0.2) is 24.4 Å². The summed E-state index contributed by atoms with van der Waals surface area (Å²) < 4.78 is 5.59. The quantitative estimate of drug-likeness (QED) is 0.542. The van der Waals surface area contributed by atoms with Crippen molar-refractivity contribution < 1.29 is 14.3 Å². The summed E-state index contributed by atoms with van der Waals surface area (Å²) in [7, 11) is 2.06. The molecule has 0 N–H and O–H groups in total. The van der Waals surface area contributed by atoms with Gasteiger partial charge in [0.15, 0.2) is 5.78 Å². The van der Waals surface area contributed by atoms with E-state index in [0.29, 0.717) is 47.7 Å². The van der Waals surface area contributed by atoms with E-state index in [1.807, 2.05) is 26.0 Å². The Hall–Kier alpha value is -3.24. The Morgan fingerprint density at radius 2 is 2.09 bits per heavy atom. The number of ether oxygens (including phenoxy) is 1. The molecule has 2 aromatic rings. The van der Waals surface area contributed by atoms with Gasteiger partial charge in [0.05, 0.1) is 18.3 Å². The number of fused-ring (bicyclic) bond motifs is 1. The van der Waals surface area contributed by atoms with Crippen LogP contribution in [0.2, 0.25) is 0 Å². The molecule has 0 saturated heterocycles. The van der Waals surface area contributed by atoms with Crippen LogP contribution in [-0.4, -0.2) is 59.8 Å². The van der Waals surface area contributed by atoms with Gasteiger partial charge < -0.3 is 14.5 Å². The van der Waals surface area contributed by atoms with Gasteiger partial charge in [-0.2, -0.15) is 5.26 Å². The van der Waals surface area contributed by atoms with Crippen molar-refractivity contribution in [2.24, 2.45) is 0 Å². The van der Waals surface area contributed by atoms with Gasteiger partial charge in [0.2, 0.25) is 0 Å². The molecule has 0 bridgehead atoms. The number of likely N-dealkylation sites (N-methyl/N-ethyl adjacent to an activating group) is 1. The van der Waals surface area contributed by atoms with E-state index in [1.165, 1.54) is 6.20 Å². The maximum atomic E-state index is 13.6. The number of nitriles is 1. The number of nitrogens with zero attached hydrogens (tertiary/aromatic N) is 4. The Morgan fingerprint density at radius 1 is 1.33 bits per heavy atom. The van der Waals surface area contributed by atoms with E-state index in [9.17, 15) is 14.9 Å². The molecule has 1 unspecified atom stereocenters. The molecule has 1 atom stereocenters. The molecule has 0 aliphatic carbocycles. The topological polar surface area (TPSA) is 86.5 Å². The predicted molar refractivity (Wildman–Crippen MR) is 127 cm³/mol. The average molecular weight is 449 g/mol. The van der Waals surface area contributed by atoms with Crippen molar-refractivity contribution in [3.63, 3.8) is 0 Å². The molecule has 0 spiro atoms. The number of aromatic nitrogens is 1. The fourth-order valence-corrected chi connectivity index (χ4v) is 4.19. The first-order valence-corrected chi connectivity index (χ1v) is 11.5. The van der Waals surface area contributed by atoms with Crippen molar-refractivity contribution >= 4 is 11.7 Å². The van der Waals surface area contributed by atoms with Crippen LogP contribution in [-0.2, 0) is 12.8 Å². The lowest BCUT2D eigenvalue weighted by atomic mass is 9.88. The molecule has 1 amide bonds. The maximum Gasteiger partial charge on any atom is 0.254 e. The number of carbonyl (C=O) groups is 2. The Balaban J connectivity index is 1.94. The third-order valence-electron chi connectivity index (χ3n) is 6.31. The summed E-state index contributed by atoms with van der Waals surface area (Å²) in [5, 5.41) is 9.30. The van der Waals surface area contributed by atoms with Crippen molar-refractivity contribution in [2.45, 2.75) is 46.6 Å². The summed E-state index contributed by atoms with van der Waals surface area (Å²) in [5.41, 5.74) is 4.13. The van der Waals surface area contributed by atoms with Gasteiger partial charge in [0.25, 0.3) is 5.91 Å². The van der Waals surface area contributed by atoms with E-state index < -0.39 is 0 Å². The van der Waals surface area contributed by atoms with Gasteiger partial charge in [0.1, 0.15) is 17.4 Å². The third-order valence-corrected chi connectivity index (χ3v) is 6.31. The zero-order valence-corrected chi connectivity index (χ0v) is 20.1. The molecule has 2 heterocycles. The summed E-state index contributed by atoms with van der Waals surface area (Å²) >= 11 is 0. The van der Waals surface area contributed by atoms with E-state index in [-0.39, 0.29) is 17.7 Å². The van der Waals surface area contributed by atoms with E-state index in [1.54, 1.807) is 17.9 Å². The molecule has 1 aliphatic rings. The Bertz CT molecular complexity index is 1090. The Morgan fingerprint density at radius 3 is 2.73 bits per heavy atom. The van der Waals surface area contributed by atoms with Gasteiger partial charge in [-0.3, -0.25) is 14.6 Å². The largest absolute Gasteiger partial charge is 0.492 e. The molecule has 1 aliphatic heterocycles. The fraction of sp³-hybridized carbons (Fsp3) is 0.462. The standard InChI is InChI=1S/C26H32N4O3/c1-6-29(5)10-8-19-12-22(18(4)31)21-9-11-30(26(32)23(21)13-19)17(3)24-14-25(33-7-2)20(15-27)16-28-24/h12-14,16-17H,6-11H2,1-5H3. The summed E-state index contributed by atoms with van der Waals surface area (Å²) in [4.78, 5) is 34.4. The smallest absolute Gasteiger partial charge is 0.254 e. The van der Waals surface area contributed by atoms with Crippen molar-refractivity contribution in [2.75, 3.05) is 33.3 Å². The van der Waals surface area contributed by atoms with Crippen LogP contribution in [0.5, 0.6) is 5.75 Å². The highest BCUT2D eigenvalue weighted by Crippen LogP contribution is 2.31. The number of Topliss-reactive ketones (excluding diaryl/α,β-unsaturated/α-hetero) is 1. The van der Waals surface area contributed by atoms with Gasteiger partial charge >= 0.3 is 0 Å². The highest BCUT2D eigenvalue weighted by atomic mass is 16.5. The second-order valence-corrected chi connectivity index (χ2v) is 8.45.